The van der Waals surface area contributed by atoms with Crippen LogP contribution in [0.5, 0.6) is 0 Å². The number of pyridine rings is 1. The molecule has 4 rings (SSSR count). The number of hydrogen-bond donors (Lipinski definition) is 0. The van der Waals surface area contributed by atoms with Gasteiger partial charge in [0.05, 0.1) is 5.52 Å². The zero-order valence-electron chi connectivity index (χ0n) is 11.7. The molecule has 3 heteroatoms. The maximum absolute atomic E-state index is 13.0. The van der Waals surface area contributed by atoms with Crippen molar-refractivity contribution in [2.24, 2.45) is 0 Å². The third-order valence-electron chi connectivity index (χ3n) is 3.86. The number of ketones is 1. The van der Waals surface area contributed by atoms with Crippen molar-refractivity contribution in [3.8, 4) is 0 Å². The number of rotatable bonds is 2. The highest BCUT2D eigenvalue weighted by atomic mass is 35.5. The molecule has 0 saturated heterocycles. The Hall–Kier alpha value is -2.58. The molecule has 0 saturated carbocycles. The lowest BCUT2D eigenvalue weighted by molar-refractivity contribution is 0.103. The summed E-state index contributed by atoms with van der Waals surface area (Å²) in [6.07, 6.45) is 1.92. The fraction of sp³-hybridized carbons (Fsp3) is 0. The van der Waals surface area contributed by atoms with Gasteiger partial charge < -0.3 is 4.40 Å². The average Bonchev–Trinajstić information content (AvgIpc) is 2.88. The van der Waals surface area contributed by atoms with Gasteiger partial charge in [-0.25, -0.2) is 0 Å². The molecule has 0 aliphatic rings. The zero-order valence-corrected chi connectivity index (χ0v) is 12.4. The molecule has 4 aromatic rings. The summed E-state index contributed by atoms with van der Waals surface area (Å²) in [7, 11) is 0. The van der Waals surface area contributed by atoms with Crippen molar-refractivity contribution < 1.29 is 4.79 Å². The molecule has 0 aliphatic carbocycles. The van der Waals surface area contributed by atoms with E-state index in [1.54, 1.807) is 0 Å². The molecule has 0 spiro atoms. The summed E-state index contributed by atoms with van der Waals surface area (Å²) in [5, 5.41) is 2.54. The summed E-state index contributed by atoms with van der Waals surface area (Å²) in [4.78, 5) is 13.0. The summed E-state index contributed by atoms with van der Waals surface area (Å²) in [6.45, 7) is 0. The first kappa shape index (κ1) is 13.1. The topological polar surface area (TPSA) is 21.5 Å². The van der Waals surface area contributed by atoms with E-state index in [0.29, 0.717) is 16.3 Å². The Morgan fingerprint density at radius 1 is 0.864 bits per heavy atom. The zero-order chi connectivity index (χ0) is 15.1. The second kappa shape index (κ2) is 5.00. The summed E-state index contributed by atoms with van der Waals surface area (Å²) in [6, 6.07) is 20.9. The van der Waals surface area contributed by atoms with Gasteiger partial charge in [-0.05, 0) is 24.3 Å². The molecule has 0 unspecified atom stereocenters. The fourth-order valence-corrected chi connectivity index (χ4v) is 3.05. The first-order chi connectivity index (χ1) is 10.8. The molecular weight excluding hydrogens is 294 g/mol. The molecule has 2 nitrogen and oxygen atoms in total. The van der Waals surface area contributed by atoms with Gasteiger partial charge in [0.15, 0.2) is 0 Å². The van der Waals surface area contributed by atoms with Gasteiger partial charge in [-0.3, -0.25) is 4.79 Å². The third-order valence-corrected chi connectivity index (χ3v) is 4.10. The average molecular weight is 306 g/mol. The van der Waals surface area contributed by atoms with Gasteiger partial charge in [-0.15, -0.1) is 0 Å². The third kappa shape index (κ3) is 1.92. The maximum Gasteiger partial charge on any atom is 0.210 e. The first-order valence-electron chi connectivity index (χ1n) is 7.04. The minimum atomic E-state index is -0.000864. The molecule has 0 aliphatic heterocycles. The number of nitrogens with zero attached hydrogens (tertiary/aromatic N) is 1. The minimum absolute atomic E-state index is 0.000864. The van der Waals surface area contributed by atoms with Crippen LogP contribution in [0.1, 0.15) is 16.1 Å². The Labute approximate surface area is 132 Å². The van der Waals surface area contributed by atoms with E-state index in [4.69, 9.17) is 11.6 Å². The first-order valence-corrected chi connectivity index (χ1v) is 7.41. The van der Waals surface area contributed by atoms with Crippen LogP contribution in [0.4, 0.5) is 0 Å². The van der Waals surface area contributed by atoms with E-state index >= 15 is 0 Å². The fourth-order valence-electron chi connectivity index (χ4n) is 2.88. The van der Waals surface area contributed by atoms with Gasteiger partial charge in [0.2, 0.25) is 5.78 Å². The number of fused-ring (bicyclic) bond motifs is 3. The van der Waals surface area contributed by atoms with Crippen LogP contribution in [0.15, 0.2) is 72.9 Å². The SMILES string of the molecule is O=C(c1ccccc1)c1c2cc(Cl)ccc2c2ccccn12. The highest BCUT2D eigenvalue weighted by Crippen LogP contribution is 2.30. The van der Waals surface area contributed by atoms with E-state index < -0.39 is 0 Å². The van der Waals surface area contributed by atoms with Crippen molar-refractivity contribution in [3.63, 3.8) is 0 Å². The van der Waals surface area contributed by atoms with Crippen molar-refractivity contribution in [2.75, 3.05) is 0 Å². The van der Waals surface area contributed by atoms with Gasteiger partial charge in [-0.2, -0.15) is 0 Å². The highest BCUT2D eigenvalue weighted by molar-refractivity contribution is 6.32. The van der Waals surface area contributed by atoms with Gasteiger partial charge >= 0.3 is 0 Å². The van der Waals surface area contributed by atoms with Gasteiger partial charge in [0.25, 0.3) is 0 Å². The van der Waals surface area contributed by atoms with Crippen LogP contribution in [-0.2, 0) is 0 Å². The number of halogens is 1. The predicted molar refractivity (Wildman–Crippen MR) is 89.8 cm³/mol. The Morgan fingerprint density at radius 2 is 1.64 bits per heavy atom. The van der Waals surface area contributed by atoms with E-state index in [1.165, 1.54) is 0 Å². The number of hydrogen-bond acceptors (Lipinski definition) is 1. The van der Waals surface area contributed by atoms with E-state index in [0.717, 1.165) is 16.3 Å². The number of aromatic nitrogens is 1. The van der Waals surface area contributed by atoms with Gasteiger partial charge in [0.1, 0.15) is 5.69 Å². The molecular formula is C19H12ClNO. The van der Waals surface area contributed by atoms with Crippen LogP contribution >= 0.6 is 11.6 Å². The van der Waals surface area contributed by atoms with Gasteiger partial charge in [0, 0.05) is 27.6 Å². The standard InChI is InChI=1S/C19H12ClNO/c20-14-9-10-15-16(12-14)18(21-11-5-4-8-17(15)21)19(22)13-6-2-1-3-7-13/h1-12H. The summed E-state index contributed by atoms with van der Waals surface area (Å²) in [5.41, 5.74) is 2.33. The molecule has 2 aromatic carbocycles. The van der Waals surface area contributed by atoms with Crippen molar-refractivity contribution in [1.82, 2.24) is 4.40 Å². The second-order valence-corrected chi connectivity index (χ2v) is 5.63. The summed E-state index contributed by atoms with van der Waals surface area (Å²) in [5.74, 6) is -0.000864. The van der Waals surface area contributed by atoms with Gasteiger partial charge in [-0.1, -0.05) is 54.1 Å². The van der Waals surface area contributed by atoms with E-state index in [-0.39, 0.29) is 5.78 Å². The lowest BCUT2D eigenvalue weighted by Gasteiger charge is -2.03. The van der Waals surface area contributed by atoms with Crippen molar-refractivity contribution >= 4 is 33.7 Å². The van der Waals surface area contributed by atoms with E-state index in [2.05, 4.69) is 0 Å². The van der Waals surface area contributed by atoms with Crippen molar-refractivity contribution in [3.05, 3.63) is 89.2 Å². The monoisotopic (exact) mass is 305 g/mol. The van der Waals surface area contributed by atoms with E-state index in [1.807, 2.05) is 77.3 Å². The molecule has 0 bridgehead atoms. The Kier molecular flexibility index (Phi) is 2.98. The van der Waals surface area contributed by atoms with Crippen LogP contribution in [-0.4, -0.2) is 10.2 Å². The van der Waals surface area contributed by atoms with Crippen LogP contribution < -0.4 is 0 Å². The number of carbonyl (C=O) groups is 1. The smallest absolute Gasteiger partial charge is 0.210 e. The molecule has 0 atom stereocenters. The van der Waals surface area contributed by atoms with Crippen LogP contribution in [0.25, 0.3) is 16.3 Å². The summed E-state index contributed by atoms with van der Waals surface area (Å²) >= 11 is 6.15. The largest absolute Gasteiger partial charge is 0.313 e. The molecule has 106 valence electrons. The number of benzene rings is 2. The van der Waals surface area contributed by atoms with Crippen molar-refractivity contribution in [1.29, 1.82) is 0 Å². The van der Waals surface area contributed by atoms with Crippen LogP contribution in [0.2, 0.25) is 5.02 Å². The molecule has 0 radical (unpaired) electrons. The normalized spacial score (nSPS) is 11.1. The van der Waals surface area contributed by atoms with Crippen LogP contribution in [0.3, 0.4) is 0 Å². The second-order valence-electron chi connectivity index (χ2n) is 5.19. The van der Waals surface area contributed by atoms with E-state index in [9.17, 15) is 4.79 Å². The molecule has 0 fully saturated rings. The highest BCUT2D eigenvalue weighted by Gasteiger charge is 2.19. The Bertz CT molecular complexity index is 1000. The van der Waals surface area contributed by atoms with Crippen molar-refractivity contribution in [2.45, 2.75) is 0 Å². The van der Waals surface area contributed by atoms with Crippen LogP contribution in [0, 0.1) is 0 Å². The minimum Gasteiger partial charge on any atom is -0.313 e. The maximum atomic E-state index is 13.0. The molecule has 0 N–H and O–H groups in total. The molecule has 2 aromatic heterocycles. The number of carbonyl (C=O) groups excluding carboxylic acids is 1. The lowest BCUT2D eigenvalue weighted by Crippen LogP contribution is -2.05. The predicted octanol–water partition coefficient (Wildman–Crippen LogP) is 4.98. The Balaban J connectivity index is 2.10. The molecule has 22 heavy (non-hydrogen) atoms. The lowest BCUT2D eigenvalue weighted by atomic mass is 10.0. The summed E-state index contributed by atoms with van der Waals surface area (Å²) < 4.78 is 1.94. The Morgan fingerprint density at radius 3 is 2.45 bits per heavy atom. The molecule has 2 heterocycles. The molecule has 0 amide bonds. The quantitative estimate of drug-likeness (QED) is 0.479.